The van der Waals surface area contributed by atoms with Gasteiger partial charge in [0.1, 0.15) is 11.6 Å². The summed E-state index contributed by atoms with van der Waals surface area (Å²) in [7, 11) is 0. The zero-order chi connectivity index (χ0) is 23.4. The largest absolute Gasteiger partial charge is 0.481 e. The van der Waals surface area contributed by atoms with Crippen LogP contribution in [0.1, 0.15) is 91.9 Å². The van der Waals surface area contributed by atoms with Crippen molar-refractivity contribution in [2.24, 2.45) is 52.3 Å². The molecule has 5 nitrogen and oxygen atoms in total. The summed E-state index contributed by atoms with van der Waals surface area (Å²) in [6.45, 7) is 8.27. The van der Waals surface area contributed by atoms with Crippen LogP contribution in [0.3, 0.4) is 0 Å². The molecule has 0 saturated heterocycles. The third-order valence-corrected chi connectivity index (χ3v) is 10.8. The Morgan fingerprint density at radius 1 is 1.03 bits per heavy atom. The summed E-state index contributed by atoms with van der Waals surface area (Å²) in [4.78, 5) is 37.5. The maximum atomic E-state index is 13.3. The van der Waals surface area contributed by atoms with Crippen LogP contribution in [0.2, 0.25) is 0 Å². The van der Waals surface area contributed by atoms with Crippen LogP contribution in [0, 0.1) is 52.3 Å². The molecule has 180 valence electrons. The molecule has 4 aliphatic carbocycles. The van der Waals surface area contributed by atoms with E-state index in [1.165, 1.54) is 0 Å². The summed E-state index contributed by atoms with van der Waals surface area (Å²) in [5.41, 5.74) is 0.155. The fourth-order valence-electron chi connectivity index (χ4n) is 8.81. The maximum absolute atomic E-state index is 13.3. The summed E-state index contributed by atoms with van der Waals surface area (Å²) in [6, 6.07) is 0. The summed E-state index contributed by atoms with van der Waals surface area (Å²) in [6.07, 6.45) is 8.41. The molecular formula is C27H42O5. The van der Waals surface area contributed by atoms with Crippen LogP contribution in [0.5, 0.6) is 0 Å². The van der Waals surface area contributed by atoms with Crippen LogP contribution in [0.4, 0.5) is 0 Å². The quantitative estimate of drug-likeness (QED) is 0.606. The zero-order valence-electron chi connectivity index (χ0n) is 20.3. The van der Waals surface area contributed by atoms with Crippen molar-refractivity contribution < 1.29 is 24.6 Å². The van der Waals surface area contributed by atoms with Gasteiger partial charge < -0.3 is 10.2 Å². The second-order valence-corrected chi connectivity index (χ2v) is 12.3. The van der Waals surface area contributed by atoms with Gasteiger partial charge in [-0.25, -0.2) is 0 Å². The van der Waals surface area contributed by atoms with Gasteiger partial charge in [-0.1, -0.05) is 27.7 Å². The second kappa shape index (κ2) is 8.52. The molecule has 4 rings (SSSR count). The van der Waals surface area contributed by atoms with Crippen molar-refractivity contribution in [3.05, 3.63) is 0 Å². The fourth-order valence-corrected chi connectivity index (χ4v) is 8.81. The van der Waals surface area contributed by atoms with Gasteiger partial charge in [-0.2, -0.15) is 0 Å². The van der Waals surface area contributed by atoms with E-state index in [1.54, 1.807) is 6.92 Å². The number of Topliss-reactive ketones (excluding diaryl/α,β-unsaturated/α-hetero) is 2. The molecule has 0 aromatic rings. The van der Waals surface area contributed by atoms with Crippen LogP contribution in [0.25, 0.3) is 0 Å². The van der Waals surface area contributed by atoms with Gasteiger partial charge in [0.2, 0.25) is 0 Å². The first-order valence-electron chi connectivity index (χ1n) is 12.9. The standard InChI is InChI=1S/C27H42O5/c1-15(25(31)32)5-8-22(29)16(2)24-23(30)14-21-19-7-6-17-13-18(28)9-11-26(17,3)20(19)10-12-27(21,24)4/h15-21,24,28H,5-14H2,1-4H3,(H,31,32)/t15-,16+,17+,18+,19-,20+,21+,24+,26+,27+/m1/s1. The first-order chi connectivity index (χ1) is 15.0. The zero-order valence-corrected chi connectivity index (χ0v) is 20.3. The molecule has 4 saturated carbocycles. The molecule has 4 aliphatic rings. The molecular weight excluding hydrogens is 404 g/mol. The molecule has 0 unspecified atom stereocenters. The number of hydrogen-bond donors (Lipinski definition) is 2. The summed E-state index contributed by atoms with van der Waals surface area (Å²) < 4.78 is 0. The van der Waals surface area contributed by atoms with Gasteiger partial charge in [0.15, 0.2) is 0 Å². The minimum atomic E-state index is -0.868. The van der Waals surface area contributed by atoms with Gasteiger partial charge in [0.25, 0.3) is 0 Å². The number of carbonyl (C=O) groups is 3. The molecule has 0 radical (unpaired) electrons. The summed E-state index contributed by atoms with van der Waals surface area (Å²) in [5.74, 6) is 0.495. The summed E-state index contributed by atoms with van der Waals surface area (Å²) >= 11 is 0. The minimum absolute atomic E-state index is 0.0531. The topological polar surface area (TPSA) is 91.7 Å². The lowest BCUT2D eigenvalue weighted by Crippen LogP contribution is -2.54. The van der Waals surface area contributed by atoms with Gasteiger partial charge in [0, 0.05) is 24.7 Å². The van der Waals surface area contributed by atoms with Crippen LogP contribution in [-0.2, 0) is 14.4 Å². The molecule has 0 bridgehead atoms. The lowest BCUT2D eigenvalue weighted by Gasteiger charge is -2.61. The third kappa shape index (κ3) is 3.76. The number of aliphatic hydroxyl groups excluding tert-OH is 1. The van der Waals surface area contributed by atoms with E-state index in [1.807, 2.05) is 6.92 Å². The first kappa shape index (κ1) is 23.9. The second-order valence-electron chi connectivity index (χ2n) is 12.3. The van der Waals surface area contributed by atoms with E-state index in [-0.39, 0.29) is 46.8 Å². The van der Waals surface area contributed by atoms with Crippen molar-refractivity contribution in [3.8, 4) is 0 Å². The lowest BCUT2D eigenvalue weighted by molar-refractivity contribution is -0.142. The van der Waals surface area contributed by atoms with E-state index >= 15 is 0 Å². The van der Waals surface area contributed by atoms with Crippen LogP contribution in [0.15, 0.2) is 0 Å². The molecule has 32 heavy (non-hydrogen) atoms. The molecule has 0 heterocycles. The molecule has 2 N–H and O–H groups in total. The maximum Gasteiger partial charge on any atom is 0.306 e. The number of carbonyl (C=O) groups excluding carboxylic acids is 2. The van der Waals surface area contributed by atoms with Gasteiger partial charge in [0.05, 0.1) is 12.0 Å². The highest BCUT2D eigenvalue weighted by Gasteiger charge is 2.63. The predicted molar refractivity (Wildman–Crippen MR) is 122 cm³/mol. The van der Waals surface area contributed by atoms with Crippen molar-refractivity contribution in [2.45, 2.75) is 98.0 Å². The number of hydrogen-bond acceptors (Lipinski definition) is 4. The van der Waals surface area contributed by atoms with Crippen molar-refractivity contribution in [1.82, 2.24) is 0 Å². The SMILES string of the molecule is C[C@H](CCC(=O)[C@H](C)[C@H]1C(=O)C[C@H]2[C@@H]3CC[C@H]4C[C@@H](O)CC[C@]4(C)[C@H]3CC[C@]12C)C(=O)O. The van der Waals surface area contributed by atoms with Crippen molar-refractivity contribution in [2.75, 3.05) is 0 Å². The number of rotatable bonds is 6. The average Bonchev–Trinajstić information content (AvgIpc) is 3.01. The normalized spacial score (nSPS) is 45.3. The van der Waals surface area contributed by atoms with E-state index in [4.69, 9.17) is 5.11 Å². The smallest absolute Gasteiger partial charge is 0.306 e. The van der Waals surface area contributed by atoms with E-state index < -0.39 is 11.9 Å². The highest BCUT2D eigenvalue weighted by Crippen LogP contribution is 2.67. The Morgan fingerprint density at radius 3 is 2.41 bits per heavy atom. The number of aliphatic carboxylic acids is 1. The lowest BCUT2D eigenvalue weighted by atomic mass is 9.44. The van der Waals surface area contributed by atoms with Crippen LogP contribution in [-0.4, -0.2) is 33.9 Å². The number of carboxylic acid groups (broad SMARTS) is 1. The Balaban J connectivity index is 1.51. The monoisotopic (exact) mass is 446 g/mol. The van der Waals surface area contributed by atoms with E-state index in [0.717, 1.165) is 44.9 Å². The van der Waals surface area contributed by atoms with Gasteiger partial charge in [-0.3, -0.25) is 14.4 Å². The number of aliphatic hydroxyl groups is 1. The molecule has 0 spiro atoms. The van der Waals surface area contributed by atoms with E-state index in [9.17, 15) is 19.5 Å². The van der Waals surface area contributed by atoms with Gasteiger partial charge in [-0.05, 0) is 85.9 Å². The van der Waals surface area contributed by atoms with Crippen molar-refractivity contribution >= 4 is 17.5 Å². The molecule has 0 aromatic heterocycles. The van der Waals surface area contributed by atoms with Crippen molar-refractivity contribution in [3.63, 3.8) is 0 Å². The van der Waals surface area contributed by atoms with Crippen molar-refractivity contribution in [1.29, 1.82) is 0 Å². The average molecular weight is 447 g/mol. The Bertz CT molecular complexity index is 776. The Morgan fingerprint density at radius 2 is 1.72 bits per heavy atom. The Kier molecular flexibility index (Phi) is 6.37. The minimum Gasteiger partial charge on any atom is -0.481 e. The molecule has 0 aromatic carbocycles. The van der Waals surface area contributed by atoms with Gasteiger partial charge in [-0.15, -0.1) is 0 Å². The number of carboxylic acids is 1. The summed E-state index contributed by atoms with van der Waals surface area (Å²) in [5, 5.41) is 19.4. The Labute approximate surface area is 192 Å². The van der Waals surface area contributed by atoms with Crippen LogP contribution >= 0.6 is 0 Å². The highest BCUT2D eigenvalue weighted by molar-refractivity contribution is 5.92. The highest BCUT2D eigenvalue weighted by atomic mass is 16.4. The number of ketones is 2. The fraction of sp³-hybridized carbons (Fsp3) is 0.889. The molecule has 5 heteroatoms. The Hall–Kier alpha value is -1.23. The predicted octanol–water partition coefficient (Wildman–Crippen LogP) is 4.89. The van der Waals surface area contributed by atoms with E-state index in [0.29, 0.717) is 36.5 Å². The molecule has 0 amide bonds. The molecule has 4 fully saturated rings. The third-order valence-electron chi connectivity index (χ3n) is 10.8. The van der Waals surface area contributed by atoms with Gasteiger partial charge >= 0.3 is 5.97 Å². The van der Waals surface area contributed by atoms with Crippen LogP contribution < -0.4 is 0 Å². The molecule has 0 aliphatic heterocycles. The first-order valence-corrected chi connectivity index (χ1v) is 12.9. The number of fused-ring (bicyclic) bond motifs is 5. The molecule has 10 atom stereocenters. The van der Waals surface area contributed by atoms with E-state index in [2.05, 4.69) is 13.8 Å².